The summed E-state index contributed by atoms with van der Waals surface area (Å²) in [6, 6.07) is 15.8. The van der Waals surface area contributed by atoms with Crippen molar-refractivity contribution >= 4 is 5.91 Å². The van der Waals surface area contributed by atoms with Gasteiger partial charge in [0.2, 0.25) is 0 Å². The summed E-state index contributed by atoms with van der Waals surface area (Å²) in [6.45, 7) is 0.0233. The SMILES string of the molecule is CON1C(=O)c2ccccc2C1(N)COc1ccc(C#N)cc1. The van der Waals surface area contributed by atoms with Crippen LogP contribution in [0.3, 0.4) is 0 Å². The lowest BCUT2D eigenvalue weighted by Crippen LogP contribution is -2.54. The molecule has 116 valence electrons. The molecule has 0 bridgehead atoms. The van der Waals surface area contributed by atoms with E-state index in [1.165, 1.54) is 7.11 Å². The van der Waals surface area contributed by atoms with Crippen molar-refractivity contribution < 1.29 is 14.4 Å². The predicted molar refractivity (Wildman–Crippen MR) is 82.1 cm³/mol. The Morgan fingerprint density at radius 3 is 2.57 bits per heavy atom. The van der Waals surface area contributed by atoms with Gasteiger partial charge in [-0.15, -0.1) is 0 Å². The van der Waals surface area contributed by atoms with Crippen LogP contribution in [-0.4, -0.2) is 24.7 Å². The third kappa shape index (κ3) is 2.42. The van der Waals surface area contributed by atoms with Crippen LogP contribution in [-0.2, 0) is 10.5 Å². The van der Waals surface area contributed by atoms with Gasteiger partial charge in [0.1, 0.15) is 12.4 Å². The van der Waals surface area contributed by atoms with Gasteiger partial charge < -0.3 is 4.74 Å². The van der Waals surface area contributed by atoms with Crippen LogP contribution in [0.1, 0.15) is 21.5 Å². The summed E-state index contributed by atoms with van der Waals surface area (Å²) in [5.41, 5.74) is 6.91. The third-order valence-electron chi connectivity index (χ3n) is 3.80. The highest BCUT2D eigenvalue weighted by Gasteiger charge is 2.48. The molecule has 1 unspecified atom stereocenters. The fraction of sp³-hybridized carbons (Fsp3) is 0.176. The maximum atomic E-state index is 12.4. The Hall–Kier alpha value is -2.88. The number of hydrogen-bond acceptors (Lipinski definition) is 5. The lowest BCUT2D eigenvalue weighted by atomic mass is 10.0. The summed E-state index contributed by atoms with van der Waals surface area (Å²) < 4.78 is 5.72. The smallest absolute Gasteiger partial charge is 0.280 e. The molecule has 23 heavy (non-hydrogen) atoms. The molecule has 1 heterocycles. The van der Waals surface area contributed by atoms with Gasteiger partial charge in [0, 0.05) is 11.1 Å². The average molecular weight is 309 g/mol. The van der Waals surface area contributed by atoms with Gasteiger partial charge in [-0.25, -0.2) is 0 Å². The fourth-order valence-electron chi connectivity index (χ4n) is 2.65. The zero-order chi connectivity index (χ0) is 16.4. The molecule has 1 aliphatic rings. The van der Waals surface area contributed by atoms with Crippen molar-refractivity contribution in [1.82, 2.24) is 5.06 Å². The number of amides is 1. The minimum atomic E-state index is -1.21. The number of hydrogen-bond donors (Lipinski definition) is 1. The monoisotopic (exact) mass is 309 g/mol. The number of nitriles is 1. The molecule has 2 aromatic rings. The van der Waals surface area contributed by atoms with E-state index in [0.29, 0.717) is 22.4 Å². The number of hydroxylamine groups is 2. The molecule has 0 saturated heterocycles. The van der Waals surface area contributed by atoms with Crippen LogP contribution < -0.4 is 10.5 Å². The van der Waals surface area contributed by atoms with E-state index in [1.54, 1.807) is 42.5 Å². The Balaban J connectivity index is 1.87. The maximum Gasteiger partial charge on any atom is 0.280 e. The number of rotatable bonds is 4. The van der Waals surface area contributed by atoms with E-state index in [2.05, 4.69) is 0 Å². The van der Waals surface area contributed by atoms with E-state index in [1.807, 2.05) is 12.1 Å². The quantitative estimate of drug-likeness (QED) is 0.929. The van der Waals surface area contributed by atoms with Crippen molar-refractivity contribution in [3.8, 4) is 11.8 Å². The van der Waals surface area contributed by atoms with Gasteiger partial charge in [-0.1, -0.05) is 18.2 Å². The number of ether oxygens (including phenoxy) is 1. The zero-order valence-corrected chi connectivity index (χ0v) is 12.5. The van der Waals surface area contributed by atoms with Gasteiger partial charge in [-0.3, -0.25) is 15.4 Å². The first-order chi connectivity index (χ1) is 11.1. The standard InChI is InChI=1S/C17H15N3O3/c1-22-20-16(21)14-4-2-3-5-15(14)17(20,19)11-23-13-8-6-12(10-18)7-9-13/h2-9H,11,19H2,1H3. The van der Waals surface area contributed by atoms with Crippen molar-refractivity contribution in [3.63, 3.8) is 0 Å². The molecule has 0 radical (unpaired) electrons. The van der Waals surface area contributed by atoms with Crippen molar-refractivity contribution in [2.24, 2.45) is 5.73 Å². The van der Waals surface area contributed by atoms with E-state index < -0.39 is 5.66 Å². The second kappa shape index (κ2) is 5.72. The molecule has 3 rings (SSSR count). The molecule has 2 N–H and O–H groups in total. The molecule has 0 spiro atoms. The molecular weight excluding hydrogens is 294 g/mol. The zero-order valence-electron chi connectivity index (χ0n) is 12.5. The van der Waals surface area contributed by atoms with Crippen LogP contribution in [0.15, 0.2) is 48.5 Å². The van der Waals surface area contributed by atoms with E-state index in [9.17, 15) is 4.79 Å². The van der Waals surface area contributed by atoms with Crippen LogP contribution in [0.25, 0.3) is 0 Å². The second-order valence-electron chi connectivity index (χ2n) is 5.18. The Kier molecular flexibility index (Phi) is 3.74. The number of benzene rings is 2. The Labute approximate surface area is 133 Å². The molecular formula is C17H15N3O3. The molecule has 2 aromatic carbocycles. The van der Waals surface area contributed by atoms with Gasteiger partial charge in [-0.05, 0) is 30.3 Å². The van der Waals surface area contributed by atoms with Crippen molar-refractivity contribution in [2.75, 3.05) is 13.7 Å². The number of carbonyl (C=O) groups excluding carboxylic acids is 1. The van der Waals surface area contributed by atoms with Crippen LogP contribution in [0.2, 0.25) is 0 Å². The Morgan fingerprint density at radius 1 is 1.22 bits per heavy atom. The lowest BCUT2D eigenvalue weighted by Gasteiger charge is -2.32. The Morgan fingerprint density at radius 2 is 1.91 bits per heavy atom. The van der Waals surface area contributed by atoms with E-state index >= 15 is 0 Å². The molecule has 6 nitrogen and oxygen atoms in total. The van der Waals surface area contributed by atoms with E-state index in [4.69, 9.17) is 20.6 Å². The first kappa shape index (κ1) is 15.0. The van der Waals surface area contributed by atoms with Crippen LogP contribution in [0, 0.1) is 11.3 Å². The highest BCUT2D eigenvalue weighted by atomic mass is 16.7. The van der Waals surface area contributed by atoms with E-state index in [-0.39, 0.29) is 12.5 Å². The molecule has 0 saturated carbocycles. The van der Waals surface area contributed by atoms with Gasteiger partial charge in [0.15, 0.2) is 5.66 Å². The lowest BCUT2D eigenvalue weighted by molar-refractivity contribution is -0.167. The van der Waals surface area contributed by atoms with Crippen molar-refractivity contribution in [1.29, 1.82) is 5.26 Å². The van der Waals surface area contributed by atoms with Crippen molar-refractivity contribution in [2.45, 2.75) is 5.66 Å². The number of fused-ring (bicyclic) bond motifs is 1. The molecule has 0 aromatic heterocycles. The van der Waals surface area contributed by atoms with Gasteiger partial charge in [0.05, 0.1) is 18.7 Å². The summed E-state index contributed by atoms with van der Waals surface area (Å²) in [5, 5.41) is 9.93. The normalized spacial score (nSPS) is 19.3. The first-order valence-corrected chi connectivity index (χ1v) is 7.00. The summed E-state index contributed by atoms with van der Waals surface area (Å²) >= 11 is 0. The highest BCUT2D eigenvalue weighted by Crippen LogP contribution is 2.35. The number of carbonyl (C=O) groups is 1. The number of nitrogens with two attached hydrogens (primary N) is 1. The number of nitrogens with zero attached hydrogens (tertiary/aromatic N) is 2. The van der Waals surface area contributed by atoms with Gasteiger partial charge in [-0.2, -0.15) is 10.3 Å². The third-order valence-corrected chi connectivity index (χ3v) is 3.80. The summed E-state index contributed by atoms with van der Waals surface area (Å²) in [7, 11) is 1.40. The second-order valence-corrected chi connectivity index (χ2v) is 5.18. The molecule has 1 aliphatic heterocycles. The first-order valence-electron chi connectivity index (χ1n) is 7.00. The molecule has 6 heteroatoms. The molecule has 1 atom stereocenters. The molecule has 0 fully saturated rings. The maximum absolute atomic E-state index is 12.4. The van der Waals surface area contributed by atoms with Crippen LogP contribution >= 0.6 is 0 Å². The fourth-order valence-corrected chi connectivity index (χ4v) is 2.65. The molecule has 0 aliphatic carbocycles. The topological polar surface area (TPSA) is 88.6 Å². The van der Waals surface area contributed by atoms with Crippen LogP contribution in [0.5, 0.6) is 5.75 Å². The predicted octanol–water partition coefficient (Wildman–Crippen LogP) is 1.77. The largest absolute Gasteiger partial charge is 0.489 e. The highest BCUT2D eigenvalue weighted by molar-refractivity contribution is 5.99. The van der Waals surface area contributed by atoms with E-state index in [0.717, 1.165) is 5.06 Å². The van der Waals surface area contributed by atoms with Gasteiger partial charge in [0.25, 0.3) is 5.91 Å². The summed E-state index contributed by atoms with van der Waals surface area (Å²) in [4.78, 5) is 17.5. The average Bonchev–Trinajstić information content (AvgIpc) is 2.81. The molecule has 1 amide bonds. The minimum Gasteiger partial charge on any atom is -0.489 e. The van der Waals surface area contributed by atoms with Gasteiger partial charge >= 0.3 is 0 Å². The summed E-state index contributed by atoms with van der Waals surface area (Å²) in [5.74, 6) is 0.260. The summed E-state index contributed by atoms with van der Waals surface area (Å²) in [6.07, 6.45) is 0. The van der Waals surface area contributed by atoms with Crippen molar-refractivity contribution in [3.05, 3.63) is 65.2 Å². The minimum absolute atomic E-state index is 0.0233. The Bertz CT molecular complexity index is 782. The van der Waals surface area contributed by atoms with Crippen LogP contribution in [0.4, 0.5) is 0 Å².